The molecule has 0 spiro atoms. The van der Waals surface area contributed by atoms with Crippen molar-refractivity contribution in [3.63, 3.8) is 0 Å². The normalized spacial score (nSPS) is 15.3. The number of halogens is 1. The predicted molar refractivity (Wildman–Crippen MR) is 83.1 cm³/mol. The summed E-state index contributed by atoms with van der Waals surface area (Å²) in [5, 5.41) is 0. The molecule has 0 fully saturated rings. The van der Waals surface area contributed by atoms with Crippen LogP contribution in [0.4, 0.5) is 0 Å². The maximum absolute atomic E-state index is 6.41. The molecule has 1 heterocycles. The van der Waals surface area contributed by atoms with Gasteiger partial charge in [-0.25, -0.2) is 0 Å². The molecule has 2 aromatic rings. The second kappa shape index (κ2) is 5.27. The number of thiophene rings is 1. The van der Waals surface area contributed by atoms with E-state index in [1.165, 1.54) is 34.6 Å². The van der Waals surface area contributed by atoms with Crippen LogP contribution in [0.5, 0.6) is 5.75 Å². The van der Waals surface area contributed by atoms with E-state index in [1.54, 1.807) is 7.11 Å². The smallest absolute Gasteiger partial charge is 0.120 e. The van der Waals surface area contributed by atoms with Crippen molar-refractivity contribution in [1.29, 1.82) is 0 Å². The quantitative estimate of drug-likeness (QED) is 0.916. The molecule has 0 bridgehead atoms. The van der Waals surface area contributed by atoms with E-state index < -0.39 is 0 Å². The summed E-state index contributed by atoms with van der Waals surface area (Å²) in [6.45, 7) is 0. The van der Waals surface area contributed by atoms with Crippen molar-refractivity contribution < 1.29 is 4.74 Å². The molecular formula is C15H16BrNOS. The molecular weight excluding hydrogens is 322 g/mol. The zero-order chi connectivity index (χ0) is 13.4. The van der Waals surface area contributed by atoms with E-state index in [2.05, 4.69) is 22.0 Å². The first kappa shape index (κ1) is 13.2. The second-order valence-corrected chi connectivity index (χ2v) is 6.84. The lowest BCUT2D eigenvalue weighted by molar-refractivity contribution is 0.414. The van der Waals surface area contributed by atoms with Gasteiger partial charge in [0.15, 0.2) is 0 Å². The lowest BCUT2D eigenvalue weighted by Crippen LogP contribution is -2.11. The van der Waals surface area contributed by atoms with Gasteiger partial charge in [0, 0.05) is 14.2 Å². The number of fused-ring (bicyclic) bond motifs is 1. The highest BCUT2D eigenvalue weighted by Crippen LogP contribution is 2.37. The van der Waals surface area contributed by atoms with Crippen molar-refractivity contribution >= 4 is 27.3 Å². The number of methoxy groups -OCH3 is 1. The van der Waals surface area contributed by atoms with E-state index in [-0.39, 0.29) is 6.04 Å². The predicted octanol–water partition coefficient (Wildman–Crippen LogP) is 4.06. The van der Waals surface area contributed by atoms with Crippen molar-refractivity contribution in [3.05, 3.63) is 49.6 Å². The van der Waals surface area contributed by atoms with E-state index in [9.17, 15) is 0 Å². The van der Waals surface area contributed by atoms with Crippen molar-refractivity contribution in [3.8, 4) is 5.75 Å². The number of hydrogen-bond donors (Lipinski definition) is 1. The van der Waals surface area contributed by atoms with Crippen molar-refractivity contribution in [2.45, 2.75) is 25.3 Å². The molecule has 1 unspecified atom stereocenters. The fourth-order valence-electron chi connectivity index (χ4n) is 2.55. The molecule has 1 aliphatic rings. The summed E-state index contributed by atoms with van der Waals surface area (Å²) in [4.78, 5) is 2.78. The zero-order valence-electron chi connectivity index (χ0n) is 10.8. The summed E-state index contributed by atoms with van der Waals surface area (Å²) in [7, 11) is 1.67. The largest absolute Gasteiger partial charge is 0.497 e. The topological polar surface area (TPSA) is 35.2 Å². The fourth-order valence-corrected chi connectivity index (χ4v) is 4.43. The van der Waals surface area contributed by atoms with Crippen LogP contribution in [0.3, 0.4) is 0 Å². The van der Waals surface area contributed by atoms with Crippen molar-refractivity contribution in [2.24, 2.45) is 5.73 Å². The summed E-state index contributed by atoms with van der Waals surface area (Å²) in [6, 6.07) is 8.20. The molecule has 4 heteroatoms. The monoisotopic (exact) mass is 337 g/mol. The summed E-state index contributed by atoms with van der Waals surface area (Å²) in [6.07, 6.45) is 3.72. The van der Waals surface area contributed by atoms with Crippen LogP contribution in [-0.4, -0.2) is 7.11 Å². The maximum Gasteiger partial charge on any atom is 0.120 e. The van der Waals surface area contributed by atoms with Gasteiger partial charge in [-0.1, -0.05) is 22.0 Å². The molecule has 3 rings (SSSR count). The van der Waals surface area contributed by atoms with Gasteiger partial charge in [0.25, 0.3) is 0 Å². The van der Waals surface area contributed by atoms with Crippen LogP contribution in [0.15, 0.2) is 28.7 Å². The van der Waals surface area contributed by atoms with Gasteiger partial charge in [-0.3, -0.25) is 0 Å². The number of hydrogen-bond acceptors (Lipinski definition) is 3. The van der Waals surface area contributed by atoms with Gasteiger partial charge in [0.05, 0.1) is 13.2 Å². The Bertz CT molecular complexity index is 587. The molecule has 0 aliphatic heterocycles. The first-order valence-corrected chi connectivity index (χ1v) is 8.00. The van der Waals surface area contributed by atoms with Crippen LogP contribution in [0.2, 0.25) is 0 Å². The molecule has 0 radical (unpaired) electrons. The van der Waals surface area contributed by atoms with Gasteiger partial charge in [0.2, 0.25) is 0 Å². The highest BCUT2D eigenvalue weighted by molar-refractivity contribution is 9.10. The Morgan fingerprint density at radius 3 is 2.84 bits per heavy atom. The molecule has 19 heavy (non-hydrogen) atoms. The summed E-state index contributed by atoms with van der Waals surface area (Å²) in [5.74, 6) is 0.844. The molecule has 0 amide bonds. The Balaban J connectivity index is 1.92. The number of ether oxygens (including phenoxy) is 1. The average molecular weight is 338 g/mol. The van der Waals surface area contributed by atoms with Crippen LogP contribution in [0.1, 0.15) is 33.3 Å². The van der Waals surface area contributed by atoms with Gasteiger partial charge in [0.1, 0.15) is 5.75 Å². The molecule has 1 aromatic heterocycles. The molecule has 2 nitrogen and oxygen atoms in total. The van der Waals surface area contributed by atoms with Gasteiger partial charge in [-0.05, 0) is 48.6 Å². The van der Waals surface area contributed by atoms with E-state index in [4.69, 9.17) is 10.5 Å². The van der Waals surface area contributed by atoms with Crippen LogP contribution in [-0.2, 0) is 12.8 Å². The number of rotatable bonds is 3. The average Bonchev–Trinajstić information content (AvgIpc) is 2.98. The lowest BCUT2D eigenvalue weighted by atomic mass is 10.1. The SMILES string of the molecule is COc1ccc(C(N)c2cc3c(s2)CCC3)c(Br)c1. The van der Waals surface area contributed by atoms with E-state index in [1.807, 2.05) is 29.5 Å². The van der Waals surface area contributed by atoms with E-state index in [0.29, 0.717) is 0 Å². The lowest BCUT2D eigenvalue weighted by Gasteiger charge is -2.13. The third kappa shape index (κ3) is 2.45. The van der Waals surface area contributed by atoms with Crippen LogP contribution >= 0.6 is 27.3 Å². The number of nitrogens with two attached hydrogens (primary N) is 1. The highest BCUT2D eigenvalue weighted by Gasteiger charge is 2.20. The summed E-state index contributed by atoms with van der Waals surface area (Å²) in [5.41, 5.74) is 9.02. The summed E-state index contributed by atoms with van der Waals surface area (Å²) < 4.78 is 6.22. The molecule has 1 atom stereocenters. The summed E-state index contributed by atoms with van der Waals surface area (Å²) >= 11 is 5.45. The Kier molecular flexibility index (Phi) is 3.65. The Hall–Kier alpha value is -0.840. The zero-order valence-corrected chi connectivity index (χ0v) is 13.2. The fraction of sp³-hybridized carbons (Fsp3) is 0.333. The first-order valence-electron chi connectivity index (χ1n) is 6.39. The van der Waals surface area contributed by atoms with Gasteiger partial charge >= 0.3 is 0 Å². The minimum atomic E-state index is -0.0594. The van der Waals surface area contributed by atoms with Gasteiger partial charge in [-0.2, -0.15) is 0 Å². The molecule has 0 saturated carbocycles. The number of benzene rings is 1. The van der Waals surface area contributed by atoms with Crippen molar-refractivity contribution in [2.75, 3.05) is 7.11 Å². The highest BCUT2D eigenvalue weighted by atomic mass is 79.9. The Morgan fingerprint density at radius 2 is 2.16 bits per heavy atom. The third-order valence-corrected chi connectivity index (χ3v) is 5.62. The molecule has 2 N–H and O–H groups in total. The minimum Gasteiger partial charge on any atom is -0.497 e. The Morgan fingerprint density at radius 1 is 1.32 bits per heavy atom. The second-order valence-electron chi connectivity index (χ2n) is 4.82. The van der Waals surface area contributed by atoms with Crippen LogP contribution in [0, 0.1) is 0 Å². The molecule has 100 valence electrons. The molecule has 0 saturated heterocycles. The van der Waals surface area contributed by atoms with Crippen LogP contribution < -0.4 is 10.5 Å². The van der Waals surface area contributed by atoms with E-state index in [0.717, 1.165) is 15.8 Å². The van der Waals surface area contributed by atoms with Crippen molar-refractivity contribution in [1.82, 2.24) is 0 Å². The molecule has 1 aliphatic carbocycles. The maximum atomic E-state index is 6.41. The molecule has 1 aromatic carbocycles. The standard InChI is InChI=1S/C15H16BrNOS/c1-18-10-5-6-11(12(16)8-10)15(17)14-7-9-3-2-4-13(9)19-14/h5-8,15H,2-4,17H2,1H3. The third-order valence-electron chi connectivity index (χ3n) is 3.61. The number of aryl methyl sites for hydroxylation is 2. The van der Waals surface area contributed by atoms with Gasteiger partial charge in [-0.15, -0.1) is 11.3 Å². The first-order chi connectivity index (χ1) is 9.19. The van der Waals surface area contributed by atoms with Gasteiger partial charge < -0.3 is 10.5 Å². The van der Waals surface area contributed by atoms with Crippen LogP contribution in [0.25, 0.3) is 0 Å². The van der Waals surface area contributed by atoms with E-state index >= 15 is 0 Å². The Labute approximate surface area is 125 Å². The minimum absolute atomic E-state index is 0.0594.